The molecular weight excluding hydrogens is 777 g/mol. The lowest BCUT2D eigenvalue weighted by Gasteiger charge is -2.40. The van der Waals surface area contributed by atoms with Gasteiger partial charge in [0.25, 0.3) is 5.91 Å². The highest BCUT2D eigenvalue weighted by Gasteiger charge is 2.40. The predicted molar refractivity (Wildman–Crippen MR) is 241 cm³/mol. The molecule has 0 spiro atoms. The highest BCUT2D eigenvalue weighted by molar-refractivity contribution is 5.87. The number of aromatic nitrogens is 4. The van der Waals surface area contributed by atoms with E-state index in [1.807, 2.05) is 82.9 Å². The third-order valence-electron chi connectivity index (χ3n) is 13.3. The Bertz CT molecular complexity index is 2370. The molecule has 0 radical (unpaired) electrons. The van der Waals surface area contributed by atoms with Gasteiger partial charge in [-0.3, -0.25) is 9.59 Å². The monoisotopic (exact) mass is 836 g/mol. The van der Waals surface area contributed by atoms with Gasteiger partial charge in [-0.1, -0.05) is 113 Å². The maximum Gasteiger partial charge on any atom is 0.407 e. The SMILES string of the molecule is COC(=O)NC(C(=O)N1CCCC1c1ncc(C2=CC=C(C3=CC=C(c4cnc(C5CCCN5C(=O)C(N)c5ccccc5)[nH]4)CC3)C(C(C)C)C2C(C)C)[nH]1)c1ccccc1. The largest absolute Gasteiger partial charge is 0.453 e. The number of hydrogen-bond donors (Lipinski definition) is 4. The number of methoxy groups -OCH3 is 1. The van der Waals surface area contributed by atoms with Gasteiger partial charge < -0.3 is 35.6 Å². The second kappa shape index (κ2) is 18.5. The van der Waals surface area contributed by atoms with Crippen molar-refractivity contribution in [3.63, 3.8) is 0 Å². The van der Waals surface area contributed by atoms with Gasteiger partial charge in [0.15, 0.2) is 0 Å². The van der Waals surface area contributed by atoms with Crippen molar-refractivity contribution in [1.82, 2.24) is 35.1 Å². The molecule has 2 fully saturated rings. The Morgan fingerprint density at radius 1 is 0.694 bits per heavy atom. The Hall–Kier alpha value is -6.01. The van der Waals surface area contributed by atoms with Crippen molar-refractivity contribution in [2.75, 3.05) is 20.2 Å². The lowest BCUT2D eigenvalue weighted by atomic mass is 9.64. The Labute approximate surface area is 364 Å². The number of likely N-dealkylation sites (tertiary alicyclic amines) is 2. The minimum Gasteiger partial charge on any atom is -0.453 e. The molecule has 2 aliphatic heterocycles. The lowest BCUT2D eigenvalue weighted by Crippen LogP contribution is -2.42. The average molecular weight is 837 g/mol. The number of aromatic amines is 2. The minimum absolute atomic E-state index is 0.0672. The maximum atomic E-state index is 14.2. The van der Waals surface area contributed by atoms with Crippen LogP contribution in [0, 0.1) is 23.7 Å². The summed E-state index contributed by atoms with van der Waals surface area (Å²) >= 11 is 0. The van der Waals surface area contributed by atoms with Crippen molar-refractivity contribution in [2.24, 2.45) is 29.4 Å². The Morgan fingerprint density at radius 2 is 1.21 bits per heavy atom. The molecule has 2 aromatic carbocycles. The van der Waals surface area contributed by atoms with Crippen molar-refractivity contribution in [2.45, 2.75) is 90.4 Å². The average Bonchev–Trinajstić information content (AvgIpc) is 4.15. The number of nitrogens with zero attached hydrogens (tertiary/aromatic N) is 4. The number of allylic oxidation sites excluding steroid dienone is 8. The van der Waals surface area contributed by atoms with Gasteiger partial charge in [-0.2, -0.15) is 0 Å². The highest BCUT2D eigenvalue weighted by Crippen LogP contribution is 2.48. The second-order valence-corrected chi connectivity index (χ2v) is 17.8. The van der Waals surface area contributed by atoms with Crippen LogP contribution in [0.15, 0.2) is 109 Å². The first-order valence-corrected chi connectivity index (χ1v) is 22.3. The van der Waals surface area contributed by atoms with Crippen molar-refractivity contribution in [1.29, 1.82) is 0 Å². The molecule has 4 aliphatic rings. The zero-order valence-corrected chi connectivity index (χ0v) is 36.5. The standard InChI is InChI=1S/C50H60N8O4/c1-30(2)42-36(32-20-22-33(23-21-32)38-28-52-46(54-38)40-18-12-26-57(40)48(59)44(51)34-14-8-6-9-15-34)24-25-37(43(42)31(3)4)39-29-53-47(55-39)41-19-13-27-58(41)49(60)45(56-50(61)62-5)35-16-10-7-11-17-35/h6-11,14-17,20,22,24-25,28-31,40-45H,12-13,18-19,21,23,26-27,51H2,1-5H3,(H,52,54)(H,53,55)(H,56,61). The van der Waals surface area contributed by atoms with E-state index in [2.05, 4.69) is 67.3 Å². The Balaban J connectivity index is 1.01. The number of H-pyrrole nitrogens is 2. The number of imidazole rings is 2. The molecule has 5 N–H and O–H groups in total. The van der Waals surface area contributed by atoms with Crippen LogP contribution in [-0.4, -0.2) is 67.8 Å². The van der Waals surface area contributed by atoms with Gasteiger partial charge in [0.05, 0.1) is 43.0 Å². The van der Waals surface area contributed by atoms with E-state index in [4.69, 9.17) is 20.4 Å². The van der Waals surface area contributed by atoms with Crippen LogP contribution in [0.2, 0.25) is 0 Å². The van der Waals surface area contributed by atoms with Crippen molar-refractivity contribution in [3.8, 4) is 0 Å². The van der Waals surface area contributed by atoms with E-state index in [9.17, 15) is 14.4 Å². The van der Waals surface area contributed by atoms with Gasteiger partial charge in [-0.05, 0) is 95.6 Å². The minimum atomic E-state index is -0.873. The first kappa shape index (κ1) is 42.7. The molecule has 0 saturated carbocycles. The molecule has 6 unspecified atom stereocenters. The van der Waals surface area contributed by atoms with Crippen LogP contribution in [-0.2, 0) is 14.3 Å². The zero-order valence-electron chi connectivity index (χ0n) is 36.5. The molecule has 3 amide bonds. The van der Waals surface area contributed by atoms with E-state index in [0.29, 0.717) is 30.5 Å². The number of amides is 3. The van der Waals surface area contributed by atoms with Crippen LogP contribution in [0.3, 0.4) is 0 Å². The molecule has 324 valence electrons. The summed E-state index contributed by atoms with van der Waals surface area (Å²) in [5, 5.41) is 2.76. The van der Waals surface area contributed by atoms with Gasteiger partial charge in [0, 0.05) is 13.1 Å². The third-order valence-corrected chi connectivity index (χ3v) is 13.3. The van der Waals surface area contributed by atoms with Crippen molar-refractivity contribution in [3.05, 3.63) is 143 Å². The van der Waals surface area contributed by atoms with Gasteiger partial charge in [0.1, 0.15) is 23.7 Å². The molecule has 6 atom stereocenters. The van der Waals surface area contributed by atoms with Gasteiger partial charge >= 0.3 is 6.09 Å². The number of carbonyl (C=O) groups excluding carboxylic acids is 3. The summed E-state index contributed by atoms with van der Waals surface area (Å²) in [6.07, 6.45) is 17.5. The number of hydrogen-bond acceptors (Lipinski definition) is 7. The van der Waals surface area contributed by atoms with Crippen LogP contribution in [0.1, 0.15) is 125 Å². The first-order chi connectivity index (χ1) is 30.0. The zero-order chi connectivity index (χ0) is 43.5. The summed E-state index contributed by atoms with van der Waals surface area (Å²) in [5.74, 6) is 2.58. The second-order valence-electron chi connectivity index (χ2n) is 17.8. The smallest absolute Gasteiger partial charge is 0.407 e. The molecule has 0 bridgehead atoms. The Kier molecular flexibility index (Phi) is 12.8. The quantitative estimate of drug-likeness (QED) is 0.111. The van der Waals surface area contributed by atoms with Crippen molar-refractivity contribution < 1.29 is 19.1 Å². The summed E-state index contributed by atoms with van der Waals surface area (Å²) < 4.78 is 4.89. The number of nitrogens with two attached hydrogens (primary N) is 1. The van der Waals surface area contributed by atoms with Crippen molar-refractivity contribution >= 4 is 29.1 Å². The van der Waals surface area contributed by atoms with E-state index in [1.54, 1.807) is 0 Å². The number of rotatable bonds is 12. The number of ether oxygens (including phenoxy) is 1. The summed E-state index contributed by atoms with van der Waals surface area (Å²) in [6.45, 7) is 10.5. The molecule has 2 aliphatic carbocycles. The van der Waals surface area contributed by atoms with Crippen LogP contribution in [0.25, 0.3) is 11.1 Å². The maximum absolute atomic E-state index is 14.2. The first-order valence-electron chi connectivity index (χ1n) is 22.3. The molecule has 2 saturated heterocycles. The molecule has 4 heterocycles. The Morgan fingerprint density at radius 3 is 1.79 bits per heavy atom. The topological polar surface area (TPSA) is 162 Å². The van der Waals surface area contributed by atoms with Crippen LogP contribution < -0.4 is 11.1 Å². The molecule has 2 aromatic heterocycles. The van der Waals surface area contributed by atoms with E-state index >= 15 is 0 Å². The fourth-order valence-electron chi connectivity index (χ4n) is 10.2. The summed E-state index contributed by atoms with van der Waals surface area (Å²) in [4.78, 5) is 60.8. The van der Waals surface area contributed by atoms with E-state index in [1.165, 1.54) is 29.4 Å². The van der Waals surface area contributed by atoms with Gasteiger partial charge in [0.2, 0.25) is 5.91 Å². The number of nitrogens with one attached hydrogen (secondary N) is 3. The van der Waals surface area contributed by atoms with E-state index in [-0.39, 0.29) is 35.7 Å². The van der Waals surface area contributed by atoms with Gasteiger partial charge in [-0.15, -0.1) is 0 Å². The van der Waals surface area contributed by atoms with Crippen LogP contribution in [0.5, 0.6) is 0 Å². The lowest BCUT2D eigenvalue weighted by molar-refractivity contribution is -0.135. The number of carbonyl (C=O) groups is 3. The molecule has 8 rings (SSSR count). The third kappa shape index (κ3) is 8.57. The summed E-state index contributed by atoms with van der Waals surface area (Å²) in [5.41, 5.74) is 15.1. The number of alkyl carbamates (subject to hydrolysis) is 1. The molecule has 12 nitrogen and oxygen atoms in total. The summed E-state index contributed by atoms with van der Waals surface area (Å²) in [6, 6.07) is 16.9. The van der Waals surface area contributed by atoms with Crippen LogP contribution >= 0.6 is 0 Å². The van der Waals surface area contributed by atoms with E-state index < -0.39 is 18.2 Å². The predicted octanol–water partition coefficient (Wildman–Crippen LogP) is 8.93. The molecule has 12 heteroatoms. The molecular formula is C50H60N8O4. The van der Waals surface area contributed by atoms with E-state index in [0.717, 1.165) is 67.1 Å². The fraction of sp³-hybridized carbons (Fsp3) is 0.420. The normalized spacial score (nSPS) is 22.5. The van der Waals surface area contributed by atoms with Crippen LogP contribution in [0.4, 0.5) is 4.79 Å². The molecule has 62 heavy (non-hydrogen) atoms. The summed E-state index contributed by atoms with van der Waals surface area (Å²) in [7, 11) is 1.30. The highest BCUT2D eigenvalue weighted by atomic mass is 16.5. The van der Waals surface area contributed by atoms with Gasteiger partial charge in [-0.25, -0.2) is 14.8 Å². The number of benzene rings is 2. The fourth-order valence-corrected chi connectivity index (χ4v) is 10.2. The molecule has 4 aromatic rings.